The Labute approximate surface area is 230 Å². The summed E-state index contributed by atoms with van der Waals surface area (Å²) < 4.78 is 12.4. The van der Waals surface area contributed by atoms with Crippen LogP contribution in [0, 0.1) is 19.8 Å². The number of Topliss-reactive ketones (excluding diaryl/α,β-unsaturated/α-hetero) is 1. The van der Waals surface area contributed by atoms with E-state index in [0.717, 1.165) is 51.3 Å². The van der Waals surface area contributed by atoms with E-state index < -0.39 is 5.97 Å². The number of aryl methyl sites for hydroxylation is 2. The largest absolute Gasteiger partial charge is 0.491 e. The fourth-order valence-electron chi connectivity index (χ4n) is 4.83. The third kappa shape index (κ3) is 7.08. The zero-order valence-electron chi connectivity index (χ0n) is 23.1. The summed E-state index contributed by atoms with van der Waals surface area (Å²) in [6.45, 7) is 9.01. The standard InChI is InChI=1S/C33H37NO5/c1-5-21(2)28(34-26-15-13-24(14-16-26)29(35)10-8-12-32(36)37)20-38-27-17-22(3)33(23(4)18-27)31-19-25-9-6-7-11-30(25)39-31/h6-7,9,11,13-19,21,28,34H,5,8,10,12,20H2,1-4H3,(H,36,37)/t21-,28+/m0/s1. The molecule has 3 aromatic carbocycles. The van der Waals surface area contributed by atoms with Gasteiger partial charge in [0.2, 0.25) is 0 Å². The Kier molecular flexibility index (Phi) is 9.07. The van der Waals surface area contributed by atoms with Gasteiger partial charge in [-0.3, -0.25) is 9.59 Å². The van der Waals surface area contributed by atoms with Gasteiger partial charge >= 0.3 is 5.97 Å². The average Bonchev–Trinajstić information content (AvgIpc) is 3.34. The van der Waals surface area contributed by atoms with Crippen molar-refractivity contribution in [2.24, 2.45) is 5.92 Å². The lowest BCUT2D eigenvalue weighted by molar-refractivity contribution is -0.137. The molecule has 0 unspecified atom stereocenters. The van der Waals surface area contributed by atoms with E-state index in [0.29, 0.717) is 24.5 Å². The molecule has 0 saturated heterocycles. The second-order valence-corrected chi connectivity index (χ2v) is 10.3. The van der Waals surface area contributed by atoms with Crippen LogP contribution in [0.3, 0.4) is 0 Å². The number of carboxylic acids is 1. The van der Waals surface area contributed by atoms with Crippen molar-refractivity contribution in [1.82, 2.24) is 0 Å². The van der Waals surface area contributed by atoms with Crippen LogP contribution in [-0.4, -0.2) is 29.5 Å². The summed E-state index contributed by atoms with van der Waals surface area (Å²) in [4.78, 5) is 23.0. The molecule has 0 radical (unpaired) electrons. The molecule has 2 N–H and O–H groups in total. The molecular formula is C33H37NO5. The van der Waals surface area contributed by atoms with Gasteiger partial charge in [-0.1, -0.05) is 38.5 Å². The van der Waals surface area contributed by atoms with Crippen LogP contribution >= 0.6 is 0 Å². The van der Waals surface area contributed by atoms with E-state index in [1.54, 1.807) is 12.1 Å². The van der Waals surface area contributed by atoms with Crippen molar-refractivity contribution in [2.75, 3.05) is 11.9 Å². The van der Waals surface area contributed by atoms with Crippen molar-refractivity contribution < 1.29 is 23.8 Å². The van der Waals surface area contributed by atoms with Crippen LogP contribution in [0.25, 0.3) is 22.3 Å². The predicted molar refractivity (Wildman–Crippen MR) is 156 cm³/mol. The predicted octanol–water partition coefficient (Wildman–Crippen LogP) is 8.06. The summed E-state index contributed by atoms with van der Waals surface area (Å²) in [6.07, 6.45) is 1.57. The fraction of sp³-hybridized carbons (Fsp3) is 0.333. The molecule has 4 aromatic rings. The van der Waals surface area contributed by atoms with Gasteiger partial charge in [-0.15, -0.1) is 0 Å². The fourth-order valence-corrected chi connectivity index (χ4v) is 4.83. The number of furan rings is 1. The number of ether oxygens (including phenoxy) is 1. The molecule has 0 amide bonds. The number of carbonyl (C=O) groups excluding carboxylic acids is 1. The minimum absolute atomic E-state index is 0.00362. The molecule has 1 heterocycles. The average molecular weight is 528 g/mol. The number of para-hydroxylation sites is 1. The van der Waals surface area contributed by atoms with Gasteiger partial charge in [-0.25, -0.2) is 0 Å². The molecule has 39 heavy (non-hydrogen) atoms. The highest BCUT2D eigenvalue weighted by molar-refractivity contribution is 5.96. The molecule has 0 spiro atoms. The van der Waals surface area contributed by atoms with Crippen LogP contribution in [0.4, 0.5) is 5.69 Å². The molecule has 204 valence electrons. The highest BCUT2D eigenvalue weighted by Gasteiger charge is 2.19. The van der Waals surface area contributed by atoms with Crippen LogP contribution in [-0.2, 0) is 4.79 Å². The quantitative estimate of drug-likeness (QED) is 0.171. The summed E-state index contributed by atoms with van der Waals surface area (Å²) in [5.74, 6) is 1.12. The molecule has 0 bridgehead atoms. The Morgan fingerprint density at radius 2 is 1.67 bits per heavy atom. The smallest absolute Gasteiger partial charge is 0.303 e. The van der Waals surface area contributed by atoms with Crippen molar-refractivity contribution in [2.45, 2.75) is 59.4 Å². The molecule has 0 saturated carbocycles. The van der Waals surface area contributed by atoms with E-state index in [1.165, 1.54) is 0 Å². The van der Waals surface area contributed by atoms with Crippen LogP contribution < -0.4 is 10.1 Å². The third-order valence-electron chi connectivity index (χ3n) is 7.29. The van der Waals surface area contributed by atoms with E-state index >= 15 is 0 Å². The summed E-state index contributed by atoms with van der Waals surface area (Å²) >= 11 is 0. The molecular weight excluding hydrogens is 490 g/mol. The Balaban J connectivity index is 1.42. The summed E-state index contributed by atoms with van der Waals surface area (Å²) in [5, 5.41) is 13.4. The Morgan fingerprint density at radius 3 is 2.31 bits per heavy atom. The normalized spacial score (nSPS) is 12.7. The summed E-state index contributed by atoms with van der Waals surface area (Å²) in [6, 6.07) is 21.7. The van der Waals surface area contributed by atoms with Gasteiger partial charge in [0.15, 0.2) is 5.78 Å². The van der Waals surface area contributed by atoms with Gasteiger partial charge in [0, 0.05) is 35.0 Å². The zero-order chi connectivity index (χ0) is 27.9. The first-order valence-corrected chi connectivity index (χ1v) is 13.6. The second kappa shape index (κ2) is 12.7. The molecule has 1 aromatic heterocycles. The minimum Gasteiger partial charge on any atom is -0.491 e. The number of fused-ring (bicyclic) bond motifs is 1. The monoisotopic (exact) mass is 527 g/mol. The van der Waals surface area contributed by atoms with Gasteiger partial charge in [0.05, 0.1) is 6.04 Å². The number of aliphatic carboxylic acids is 1. The maximum Gasteiger partial charge on any atom is 0.303 e. The number of hydrogen-bond donors (Lipinski definition) is 2. The Hall–Kier alpha value is -4.06. The number of anilines is 1. The van der Waals surface area contributed by atoms with Gasteiger partial charge in [0.25, 0.3) is 0 Å². The number of nitrogens with one attached hydrogen (secondary N) is 1. The minimum atomic E-state index is -0.881. The SMILES string of the molecule is CC[C@H](C)[C@@H](COc1cc(C)c(-c2cc3ccccc3o2)c(C)c1)Nc1ccc(C(=O)CCCC(=O)O)cc1. The summed E-state index contributed by atoms with van der Waals surface area (Å²) in [5.41, 5.74) is 5.68. The first-order valence-electron chi connectivity index (χ1n) is 13.6. The topological polar surface area (TPSA) is 88.8 Å². The highest BCUT2D eigenvalue weighted by atomic mass is 16.5. The lowest BCUT2D eigenvalue weighted by Crippen LogP contribution is -2.33. The van der Waals surface area contributed by atoms with Gasteiger partial charge in [-0.2, -0.15) is 0 Å². The first kappa shape index (κ1) is 28.0. The molecule has 6 heteroatoms. The van der Waals surface area contributed by atoms with Gasteiger partial charge < -0.3 is 19.6 Å². The molecule has 6 nitrogen and oxygen atoms in total. The second-order valence-electron chi connectivity index (χ2n) is 10.3. The van der Waals surface area contributed by atoms with Crippen LogP contribution in [0.5, 0.6) is 5.75 Å². The number of hydrogen-bond acceptors (Lipinski definition) is 5. The Bertz CT molecular complexity index is 1380. The number of carboxylic acid groups (broad SMARTS) is 1. The van der Waals surface area contributed by atoms with E-state index in [4.69, 9.17) is 14.3 Å². The molecule has 0 fully saturated rings. The van der Waals surface area contributed by atoms with Crippen LogP contribution in [0.1, 0.15) is 61.0 Å². The van der Waals surface area contributed by atoms with Crippen LogP contribution in [0.15, 0.2) is 71.1 Å². The molecule has 0 aliphatic carbocycles. The lowest BCUT2D eigenvalue weighted by atomic mass is 9.98. The Morgan fingerprint density at radius 1 is 0.974 bits per heavy atom. The molecule has 0 aliphatic heterocycles. The number of rotatable bonds is 13. The lowest BCUT2D eigenvalue weighted by Gasteiger charge is -2.26. The third-order valence-corrected chi connectivity index (χ3v) is 7.29. The van der Waals surface area contributed by atoms with E-state index in [2.05, 4.69) is 57.3 Å². The van der Waals surface area contributed by atoms with Crippen molar-refractivity contribution in [1.29, 1.82) is 0 Å². The maximum absolute atomic E-state index is 12.3. The number of carbonyl (C=O) groups is 2. The van der Waals surface area contributed by atoms with Crippen molar-refractivity contribution in [3.05, 3.63) is 83.4 Å². The number of benzene rings is 3. The molecule has 2 atom stereocenters. The first-order chi connectivity index (χ1) is 18.7. The summed E-state index contributed by atoms with van der Waals surface area (Å²) in [7, 11) is 0. The zero-order valence-corrected chi connectivity index (χ0v) is 23.1. The number of ketones is 1. The van der Waals surface area contributed by atoms with Crippen molar-refractivity contribution in [3.63, 3.8) is 0 Å². The van der Waals surface area contributed by atoms with Gasteiger partial charge in [-0.05, 0) is 85.8 Å². The van der Waals surface area contributed by atoms with E-state index in [9.17, 15) is 9.59 Å². The molecule has 0 aliphatic rings. The van der Waals surface area contributed by atoms with E-state index in [-0.39, 0.29) is 24.7 Å². The van der Waals surface area contributed by atoms with Crippen LogP contribution in [0.2, 0.25) is 0 Å². The van der Waals surface area contributed by atoms with E-state index in [1.807, 2.05) is 30.3 Å². The van der Waals surface area contributed by atoms with Crippen molar-refractivity contribution in [3.8, 4) is 17.1 Å². The maximum atomic E-state index is 12.3. The van der Waals surface area contributed by atoms with Crippen molar-refractivity contribution >= 4 is 28.4 Å². The molecule has 4 rings (SSSR count). The van der Waals surface area contributed by atoms with Gasteiger partial charge in [0.1, 0.15) is 23.7 Å². The highest BCUT2D eigenvalue weighted by Crippen LogP contribution is 2.35.